The Balaban J connectivity index is 2.16. The van der Waals surface area contributed by atoms with E-state index in [1.165, 1.54) is 12.1 Å². The Bertz CT molecular complexity index is 920. The lowest BCUT2D eigenvalue weighted by Gasteiger charge is -2.27. The van der Waals surface area contributed by atoms with Crippen molar-refractivity contribution in [3.63, 3.8) is 0 Å². The first-order valence-electron chi connectivity index (χ1n) is 8.54. The third-order valence-electron chi connectivity index (χ3n) is 4.04. The summed E-state index contributed by atoms with van der Waals surface area (Å²) in [5, 5.41) is 19.7. The topological polar surface area (TPSA) is 119 Å². The van der Waals surface area contributed by atoms with E-state index in [9.17, 15) is 18.5 Å². The standard InChI is InChI=1S/C18H24N4O4S2/c1-13(11-18(21(2)3)27-14-7-5-4-6-8-14)20-16-10-9-15(28(19,25)26)12-17(16)22(23)24/h4-10,12-13,18,20H,11H2,1-3H3,(H2,19,25,26)/t13-,18+/m1/s1. The number of nitrogens with two attached hydrogens (primary N) is 1. The molecule has 0 fully saturated rings. The summed E-state index contributed by atoms with van der Waals surface area (Å²) in [6, 6.07) is 13.5. The number of nitrogens with one attached hydrogen (secondary N) is 1. The molecule has 10 heteroatoms. The van der Waals surface area contributed by atoms with Crippen LogP contribution in [0, 0.1) is 10.1 Å². The van der Waals surface area contributed by atoms with Crippen LogP contribution in [0.15, 0.2) is 58.3 Å². The van der Waals surface area contributed by atoms with Crippen LogP contribution in [0.2, 0.25) is 0 Å². The summed E-state index contributed by atoms with van der Waals surface area (Å²) in [6.07, 6.45) is 0.709. The molecule has 2 rings (SSSR count). The van der Waals surface area contributed by atoms with Gasteiger partial charge >= 0.3 is 0 Å². The quantitative estimate of drug-likeness (QED) is 0.275. The van der Waals surface area contributed by atoms with E-state index in [0.717, 1.165) is 11.0 Å². The molecule has 0 heterocycles. The molecule has 0 spiro atoms. The Kier molecular flexibility index (Phi) is 7.41. The molecule has 0 saturated heterocycles. The van der Waals surface area contributed by atoms with E-state index >= 15 is 0 Å². The van der Waals surface area contributed by atoms with Gasteiger partial charge in [0.2, 0.25) is 10.0 Å². The van der Waals surface area contributed by atoms with Crippen molar-refractivity contribution in [2.24, 2.45) is 5.14 Å². The summed E-state index contributed by atoms with van der Waals surface area (Å²) >= 11 is 1.71. The molecule has 2 aromatic carbocycles. The van der Waals surface area contributed by atoms with Crippen LogP contribution in [0.4, 0.5) is 11.4 Å². The van der Waals surface area contributed by atoms with Crippen LogP contribution in [0.3, 0.4) is 0 Å². The van der Waals surface area contributed by atoms with Crippen LogP contribution in [-0.4, -0.2) is 43.8 Å². The highest BCUT2D eigenvalue weighted by molar-refractivity contribution is 7.99. The monoisotopic (exact) mass is 424 g/mol. The Morgan fingerprint density at radius 2 is 1.86 bits per heavy atom. The number of primary sulfonamides is 1. The number of sulfonamides is 1. The summed E-state index contributed by atoms with van der Waals surface area (Å²) in [7, 11) is -0.0455. The molecule has 0 bridgehead atoms. The maximum atomic E-state index is 11.5. The smallest absolute Gasteiger partial charge is 0.293 e. The Labute approximate surface area is 169 Å². The van der Waals surface area contributed by atoms with E-state index < -0.39 is 14.9 Å². The molecule has 0 amide bonds. The van der Waals surface area contributed by atoms with Gasteiger partial charge in [-0.25, -0.2) is 13.6 Å². The molecule has 0 radical (unpaired) electrons. The second kappa shape index (κ2) is 9.37. The number of rotatable bonds is 9. The van der Waals surface area contributed by atoms with E-state index in [1.54, 1.807) is 11.8 Å². The highest BCUT2D eigenvalue weighted by atomic mass is 32.2. The first-order chi connectivity index (χ1) is 13.1. The fourth-order valence-corrected chi connectivity index (χ4v) is 4.37. The summed E-state index contributed by atoms with van der Waals surface area (Å²) < 4.78 is 22.9. The Hall–Kier alpha value is -2.14. The average Bonchev–Trinajstić information content (AvgIpc) is 2.61. The summed E-state index contributed by atoms with van der Waals surface area (Å²) in [5.74, 6) is 0. The molecular formula is C18H24N4O4S2. The van der Waals surface area contributed by atoms with Gasteiger partial charge in [-0.15, -0.1) is 11.8 Å². The maximum absolute atomic E-state index is 11.5. The molecule has 2 atom stereocenters. The third-order valence-corrected chi connectivity index (χ3v) is 6.38. The molecule has 2 aromatic rings. The van der Waals surface area contributed by atoms with Crippen molar-refractivity contribution in [1.29, 1.82) is 0 Å². The largest absolute Gasteiger partial charge is 0.377 e. The van der Waals surface area contributed by atoms with Crippen LogP contribution >= 0.6 is 11.8 Å². The van der Waals surface area contributed by atoms with E-state index in [4.69, 9.17) is 5.14 Å². The number of nitro benzene ring substituents is 1. The fourth-order valence-electron chi connectivity index (χ4n) is 2.61. The Morgan fingerprint density at radius 1 is 1.21 bits per heavy atom. The van der Waals surface area contributed by atoms with Crippen molar-refractivity contribution in [1.82, 2.24) is 4.90 Å². The van der Waals surface area contributed by atoms with Gasteiger partial charge in [0.15, 0.2) is 0 Å². The molecule has 3 N–H and O–H groups in total. The molecular weight excluding hydrogens is 400 g/mol. The van der Waals surface area contributed by atoms with Crippen molar-refractivity contribution >= 4 is 33.2 Å². The lowest BCUT2D eigenvalue weighted by atomic mass is 10.2. The second-order valence-corrected chi connectivity index (χ2v) is 9.42. The number of benzene rings is 2. The summed E-state index contributed by atoms with van der Waals surface area (Å²) in [4.78, 5) is 13.7. The molecule has 8 nitrogen and oxygen atoms in total. The van der Waals surface area contributed by atoms with Crippen LogP contribution in [0.1, 0.15) is 13.3 Å². The molecule has 0 aliphatic heterocycles. The highest BCUT2D eigenvalue weighted by Crippen LogP contribution is 2.31. The lowest BCUT2D eigenvalue weighted by Crippen LogP contribution is -2.31. The van der Waals surface area contributed by atoms with E-state index in [-0.39, 0.29) is 27.7 Å². The number of hydrogen-bond acceptors (Lipinski definition) is 7. The predicted molar refractivity (Wildman–Crippen MR) is 112 cm³/mol. The van der Waals surface area contributed by atoms with E-state index in [2.05, 4.69) is 10.2 Å². The number of hydrogen-bond donors (Lipinski definition) is 2. The van der Waals surface area contributed by atoms with Gasteiger partial charge < -0.3 is 5.32 Å². The third kappa shape index (κ3) is 6.20. The Morgan fingerprint density at radius 3 is 2.39 bits per heavy atom. The second-order valence-electron chi connectivity index (χ2n) is 6.61. The first kappa shape index (κ1) is 22.2. The minimum absolute atomic E-state index is 0.0948. The van der Waals surface area contributed by atoms with Gasteiger partial charge in [-0.1, -0.05) is 18.2 Å². The molecule has 0 aliphatic carbocycles. The van der Waals surface area contributed by atoms with Gasteiger partial charge in [0, 0.05) is 17.0 Å². The predicted octanol–water partition coefficient (Wildman–Crippen LogP) is 3.11. The number of nitrogens with zero attached hydrogens (tertiary/aromatic N) is 2. The molecule has 0 aromatic heterocycles. The summed E-state index contributed by atoms with van der Waals surface area (Å²) in [5.41, 5.74) is -0.0670. The van der Waals surface area contributed by atoms with Gasteiger partial charge in [-0.3, -0.25) is 15.0 Å². The first-order valence-corrected chi connectivity index (χ1v) is 11.0. The van der Waals surface area contributed by atoms with Crippen molar-refractivity contribution < 1.29 is 13.3 Å². The number of nitro groups is 1. The van der Waals surface area contributed by atoms with Crippen LogP contribution in [0.25, 0.3) is 0 Å². The molecule has 0 unspecified atom stereocenters. The average molecular weight is 425 g/mol. The van der Waals surface area contributed by atoms with Crippen LogP contribution in [-0.2, 0) is 10.0 Å². The molecule has 152 valence electrons. The zero-order valence-corrected chi connectivity index (χ0v) is 17.5. The van der Waals surface area contributed by atoms with Crippen molar-refractivity contribution in [2.45, 2.75) is 34.6 Å². The van der Waals surface area contributed by atoms with Gasteiger partial charge in [-0.2, -0.15) is 0 Å². The number of thioether (sulfide) groups is 1. The molecule has 0 saturated carbocycles. The summed E-state index contributed by atoms with van der Waals surface area (Å²) in [6.45, 7) is 1.93. The van der Waals surface area contributed by atoms with Gasteiger partial charge in [0.25, 0.3) is 5.69 Å². The number of anilines is 1. The normalized spacial score (nSPS) is 13.9. The van der Waals surface area contributed by atoms with Crippen molar-refractivity contribution in [2.75, 3.05) is 19.4 Å². The SMILES string of the molecule is C[C@H](C[C@H](Sc1ccccc1)N(C)C)Nc1ccc(S(N)(=O)=O)cc1[N+](=O)[O-]. The maximum Gasteiger partial charge on any atom is 0.293 e. The molecule has 0 aliphatic rings. The van der Waals surface area contributed by atoms with Crippen LogP contribution < -0.4 is 10.5 Å². The lowest BCUT2D eigenvalue weighted by molar-refractivity contribution is -0.384. The van der Waals surface area contributed by atoms with Crippen LogP contribution in [0.5, 0.6) is 0 Å². The van der Waals surface area contributed by atoms with Gasteiger partial charge in [0.1, 0.15) is 5.69 Å². The zero-order valence-electron chi connectivity index (χ0n) is 15.9. The van der Waals surface area contributed by atoms with Gasteiger partial charge in [0.05, 0.1) is 15.2 Å². The van der Waals surface area contributed by atoms with E-state index in [0.29, 0.717) is 6.42 Å². The van der Waals surface area contributed by atoms with E-state index in [1.807, 2.05) is 51.4 Å². The minimum Gasteiger partial charge on any atom is -0.377 e. The minimum atomic E-state index is -4.01. The van der Waals surface area contributed by atoms with Crippen molar-refractivity contribution in [3.8, 4) is 0 Å². The van der Waals surface area contributed by atoms with Crippen molar-refractivity contribution in [3.05, 3.63) is 58.6 Å². The fraction of sp³-hybridized carbons (Fsp3) is 0.333. The zero-order chi connectivity index (χ0) is 20.9. The highest BCUT2D eigenvalue weighted by Gasteiger charge is 2.22. The van der Waals surface area contributed by atoms with Gasteiger partial charge in [-0.05, 0) is 51.7 Å². The molecule has 28 heavy (non-hydrogen) atoms.